The van der Waals surface area contributed by atoms with Crippen molar-refractivity contribution in [2.24, 2.45) is 11.7 Å². The third-order valence-electron chi connectivity index (χ3n) is 4.61. The first-order valence-electron chi connectivity index (χ1n) is 7.79. The molecule has 0 amide bonds. The molecule has 1 saturated carbocycles. The molecule has 0 spiro atoms. The monoisotopic (exact) mass is 290 g/mol. The summed E-state index contributed by atoms with van der Waals surface area (Å²) in [4.78, 5) is 14.2. The Morgan fingerprint density at radius 1 is 1.29 bits per heavy atom. The molecule has 1 aromatic carbocycles. The van der Waals surface area contributed by atoms with Crippen molar-refractivity contribution in [1.29, 1.82) is 0 Å². The number of nitrogens with zero attached hydrogens (tertiary/aromatic N) is 1. The zero-order chi connectivity index (χ0) is 15.2. The summed E-state index contributed by atoms with van der Waals surface area (Å²) in [6.45, 7) is 0.704. The molecule has 4 nitrogen and oxygen atoms in total. The van der Waals surface area contributed by atoms with Gasteiger partial charge in [-0.1, -0.05) is 31.4 Å². The second-order valence-corrected chi connectivity index (χ2v) is 5.82. The van der Waals surface area contributed by atoms with Gasteiger partial charge in [-0.3, -0.25) is 0 Å². The first-order chi connectivity index (χ1) is 10.2. The van der Waals surface area contributed by atoms with E-state index >= 15 is 0 Å². The molecule has 1 aliphatic rings. The van der Waals surface area contributed by atoms with Gasteiger partial charge in [-0.2, -0.15) is 0 Å². The maximum atomic E-state index is 12.0. The summed E-state index contributed by atoms with van der Waals surface area (Å²) in [5.74, 6) is 0.207. The molecule has 0 bridgehead atoms. The minimum Gasteiger partial charge on any atom is -0.465 e. The summed E-state index contributed by atoms with van der Waals surface area (Å²) in [6, 6.07) is 8.04. The minimum absolute atomic E-state index is 0.282. The van der Waals surface area contributed by atoms with Crippen LogP contribution in [0, 0.1) is 5.92 Å². The van der Waals surface area contributed by atoms with Crippen LogP contribution in [-0.2, 0) is 4.74 Å². The Labute approximate surface area is 127 Å². The lowest BCUT2D eigenvalue weighted by atomic mass is 9.93. The second kappa shape index (κ2) is 7.46. The van der Waals surface area contributed by atoms with Gasteiger partial charge < -0.3 is 15.4 Å². The molecule has 2 N–H and O–H groups in total. The third-order valence-corrected chi connectivity index (χ3v) is 4.61. The van der Waals surface area contributed by atoms with Crippen molar-refractivity contribution < 1.29 is 9.53 Å². The number of rotatable bonds is 4. The summed E-state index contributed by atoms with van der Waals surface area (Å²) in [5.41, 5.74) is 7.55. The zero-order valence-electron chi connectivity index (χ0n) is 13.0. The standard InChI is InChI=1S/C17H26N2O2/c1-19(15-10-5-3-4-8-13(15)12-18)16-11-7-6-9-14(16)17(20)21-2/h6-7,9,11,13,15H,3-5,8,10,12,18H2,1-2H3. The molecule has 0 aliphatic heterocycles. The van der Waals surface area contributed by atoms with E-state index in [4.69, 9.17) is 10.5 Å². The van der Waals surface area contributed by atoms with Crippen LogP contribution in [0.25, 0.3) is 0 Å². The third kappa shape index (κ3) is 3.56. The fourth-order valence-electron chi connectivity index (χ4n) is 3.39. The fourth-order valence-corrected chi connectivity index (χ4v) is 3.39. The van der Waals surface area contributed by atoms with Gasteiger partial charge >= 0.3 is 5.97 Å². The van der Waals surface area contributed by atoms with E-state index in [9.17, 15) is 4.79 Å². The van der Waals surface area contributed by atoms with E-state index in [-0.39, 0.29) is 5.97 Å². The number of carbonyl (C=O) groups is 1. The highest BCUT2D eigenvalue weighted by atomic mass is 16.5. The molecule has 2 unspecified atom stereocenters. The van der Waals surface area contributed by atoms with Crippen LogP contribution in [0.2, 0.25) is 0 Å². The minimum atomic E-state index is -0.282. The molecule has 0 heterocycles. The van der Waals surface area contributed by atoms with Crippen LogP contribution in [0.3, 0.4) is 0 Å². The van der Waals surface area contributed by atoms with Crippen LogP contribution in [0.4, 0.5) is 5.69 Å². The first-order valence-corrected chi connectivity index (χ1v) is 7.79. The summed E-state index contributed by atoms with van der Waals surface area (Å²) in [7, 11) is 3.49. The maximum Gasteiger partial charge on any atom is 0.339 e. The van der Waals surface area contributed by atoms with Crippen LogP contribution < -0.4 is 10.6 Å². The number of ether oxygens (including phenoxy) is 1. The lowest BCUT2D eigenvalue weighted by Gasteiger charge is -2.35. The van der Waals surface area contributed by atoms with Gasteiger partial charge in [0.15, 0.2) is 0 Å². The van der Waals surface area contributed by atoms with Crippen LogP contribution in [0.5, 0.6) is 0 Å². The normalized spacial score (nSPS) is 22.4. The Bertz CT molecular complexity index is 476. The van der Waals surface area contributed by atoms with E-state index in [0.29, 0.717) is 24.1 Å². The highest BCUT2D eigenvalue weighted by Gasteiger charge is 2.28. The van der Waals surface area contributed by atoms with Crippen molar-refractivity contribution in [1.82, 2.24) is 0 Å². The molecular formula is C17H26N2O2. The molecule has 2 atom stereocenters. The molecule has 0 aromatic heterocycles. The predicted molar refractivity (Wildman–Crippen MR) is 85.6 cm³/mol. The fraction of sp³-hybridized carbons (Fsp3) is 0.588. The number of carbonyl (C=O) groups excluding carboxylic acids is 1. The molecule has 4 heteroatoms. The number of benzene rings is 1. The van der Waals surface area contributed by atoms with Gasteiger partial charge in [0.25, 0.3) is 0 Å². The van der Waals surface area contributed by atoms with Crippen molar-refractivity contribution in [2.75, 3.05) is 25.6 Å². The molecule has 1 fully saturated rings. The number of para-hydroxylation sites is 1. The number of anilines is 1. The largest absolute Gasteiger partial charge is 0.465 e. The number of hydrogen-bond donors (Lipinski definition) is 1. The van der Waals surface area contributed by atoms with Crippen molar-refractivity contribution in [3.05, 3.63) is 29.8 Å². The number of esters is 1. The van der Waals surface area contributed by atoms with Gasteiger partial charge in [-0.15, -0.1) is 0 Å². The van der Waals surface area contributed by atoms with Crippen molar-refractivity contribution in [3.8, 4) is 0 Å². The van der Waals surface area contributed by atoms with E-state index in [1.165, 1.54) is 32.8 Å². The average molecular weight is 290 g/mol. The molecule has 0 radical (unpaired) electrons. The number of methoxy groups -OCH3 is 1. The molecule has 1 aromatic rings. The molecule has 1 aliphatic carbocycles. The smallest absolute Gasteiger partial charge is 0.339 e. The molecule has 0 saturated heterocycles. The van der Waals surface area contributed by atoms with E-state index in [1.54, 1.807) is 0 Å². The van der Waals surface area contributed by atoms with E-state index in [0.717, 1.165) is 12.1 Å². The Morgan fingerprint density at radius 2 is 2.00 bits per heavy atom. The molecule has 2 rings (SSSR count). The van der Waals surface area contributed by atoms with Gasteiger partial charge in [0, 0.05) is 13.1 Å². The number of hydrogen-bond acceptors (Lipinski definition) is 4. The SMILES string of the molecule is COC(=O)c1ccccc1N(C)C1CCCCCC1CN. The van der Waals surface area contributed by atoms with Crippen molar-refractivity contribution in [2.45, 2.75) is 38.1 Å². The topological polar surface area (TPSA) is 55.6 Å². The summed E-state index contributed by atoms with van der Waals surface area (Å²) < 4.78 is 4.90. The summed E-state index contributed by atoms with van der Waals surface area (Å²) in [6.07, 6.45) is 6.07. The molecule has 116 valence electrons. The quantitative estimate of drug-likeness (QED) is 0.684. The predicted octanol–water partition coefficient (Wildman–Crippen LogP) is 2.82. The zero-order valence-corrected chi connectivity index (χ0v) is 13.0. The van der Waals surface area contributed by atoms with Crippen molar-refractivity contribution in [3.63, 3.8) is 0 Å². The molecular weight excluding hydrogens is 264 g/mol. The summed E-state index contributed by atoms with van der Waals surface area (Å²) in [5, 5.41) is 0. The van der Waals surface area contributed by atoms with E-state index < -0.39 is 0 Å². The van der Waals surface area contributed by atoms with Gasteiger partial charge in [0.2, 0.25) is 0 Å². The van der Waals surface area contributed by atoms with Crippen LogP contribution in [-0.4, -0.2) is 32.7 Å². The van der Waals surface area contributed by atoms with Crippen LogP contribution in [0.1, 0.15) is 42.5 Å². The summed E-state index contributed by atoms with van der Waals surface area (Å²) >= 11 is 0. The lowest BCUT2D eigenvalue weighted by molar-refractivity contribution is 0.0601. The van der Waals surface area contributed by atoms with Gasteiger partial charge in [-0.05, 0) is 37.4 Å². The van der Waals surface area contributed by atoms with Crippen LogP contribution in [0.15, 0.2) is 24.3 Å². The Balaban J connectivity index is 2.29. The van der Waals surface area contributed by atoms with Gasteiger partial charge in [0.05, 0.1) is 18.4 Å². The Hall–Kier alpha value is -1.55. The Kier molecular flexibility index (Phi) is 5.62. The van der Waals surface area contributed by atoms with Crippen LogP contribution >= 0.6 is 0 Å². The van der Waals surface area contributed by atoms with Crippen molar-refractivity contribution >= 4 is 11.7 Å². The average Bonchev–Trinajstić information content (AvgIpc) is 2.78. The first kappa shape index (κ1) is 15.8. The van der Waals surface area contributed by atoms with E-state index in [2.05, 4.69) is 11.9 Å². The lowest BCUT2D eigenvalue weighted by Crippen LogP contribution is -2.41. The van der Waals surface area contributed by atoms with Gasteiger partial charge in [-0.25, -0.2) is 4.79 Å². The number of nitrogens with two attached hydrogens (primary N) is 1. The highest BCUT2D eigenvalue weighted by Crippen LogP contribution is 2.31. The van der Waals surface area contributed by atoms with E-state index in [1.807, 2.05) is 24.3 Å². The second-order valence-electron chi connectivity index (χ2n) is 5.82. The van der Waals surface area contributed by atoms with Gasteiger partial charge in [0.1, 0.15) is 0 Å². The Morgan fingerprint density at radius 3 is 2.71 bits per heavy atom. The highest BCUT2D eigenvalue weighted by molar-refractivity contribution is 5.95. The maximum absolute atomic E-state index is 12.0. The molecule has 21 heavy (non-hydrogen) atoms.